The lowest BCUT2D eigenvalue weighted by atomic mass is 10.0. The Kier molecular flexibility index (Phi) is 5.61. The molecule has 2 rings (SSSR count). The average molecular weight is 397 g/mol. The van der Waals surface area contributed by atoms with Gasteiger partial charge in [-0.05, 0) is 25.1 Å². The van der Waals surface area contributed by atoms with Crippen LogP contribution in [0.2, 0.25) is 0 Å². The molecule has 0 aliphatic heterocycles. The minimum atomic E-state index is -5.03. The molecular weight excluding hydrogens is 384 g/mol. The standard InChI is InChI=1S/C15H13F6N3OS/c1-7(22)2-11-6-26-13(23-11)24-12(25)8-3-9(14(16,17)18)5-10(4-8)15(19,20)21/h3-7H,2,22H2,1H3,(H,23,24,25). The zero-order chi connectivity index (χ0) is 19.7. The zero-order valence-corrected chi connectivity index (χ0v) is 14.0. The van der Waals surface area contributed by atoms with E-state index < -0.39 is 35.0 Å². The summed E-state index contributed by atoms with van der Waals surface area (Å²) in [5, 5.41) is 3.84. The fourth-order valence-electron chi connectivity index (χ4n) is 2.04. The van der Waals surface area contributed by atoms with E-state index in [1.807, 2.05) is 0 Å². The van der Waals surface area contributed by atoms with Gasteiger partial charge in [-0.1, -0.05) is 0 Å². The highest BCUT2D eigenvalue weighted by molar-refractivity contribution is 7.14. The van der Waals surface area contributed by atoms with E-state index in [4.69, 9.17) is 5.73 Å². The van der Waals surface area contributed by atoms with E-state index in [0.29, 0.717) is 24.2 Å². The van der Waals surface area contributed by atoms with Gasteiger partial charge in [-0.3, -0.25) is 10.1 Å². The Morgan fingerprint density at radius 3 is 2.15 bits per heavy atom. The van der Waals surface area contributed by atoms with Gasteiger partial charge in [0.05, 0.1) is 16.8 Å². The van der Waals surface area contributed by atoms with Crippen molar-refractivity contribution in [3.63, 3.8) is 0 Å². The topological polar surface area (TPSA) is 68.0 Å². The highest BCUT2D eigenvalue weighted by Crippen LogP contribution is 2.36. The van der Waals surface area contributed by atoms with Gasteiger partial charge in [-0.25, -0.2) is 4.98 Å². The molecule has 1 heterocycles. The van der Waals surface area contributed by atoms with Crippen LogP contribution in [0.4, 0.5) is 31.5 Å². The summed E-state index contributed by atoms with van der Waals surface area (Å²) in [6, 6.07) is 0.488. The summed E-state index contributed by atoms with van der Waals surface area (Å²) in [6.45, 7) is 1.74. The maximum absolute atomic E-state index is 12.8. The van der Waals surface area contributed by atoms with Crippen LogP contribution in [-0.4, -0.2) is 16.9 Å². The Bertz CT molecular complexity index is 765. The summed E-state index contributed by atoms with van der Waals surface area (Å²) in [6.07, 6.45) is -9.64. The number of halogens is 6. The lowest BCUT2D eigenvalue weighted by Gasteiger charge is -2.13. The van der Waals surface area contributed by atoms with Crippen LogP contribution < -0.4 is 11.1 Å². The van der Waals surface area contributed by atoms with Crippen LogP contribution in [0.5, 0.6) is 0 Å². The van der Waals surface area contributed by atoms with E-state index in [9.17, 15) is 31.1 Å². The molecular formula is C15H13F6N3OS. The third-order valence-electron chi connectivity index (χ3n) is 3.15. The smallest absolute Gasteiger partial charge is 0.328 e. The van der Waals surface area contributed by atoms with Crippen molar-refractivity contribution in [2.45, 2.75) is 31.7 Å². The molecule has 1 aromatic heterocycles. The molecule has 0 radical (unpaired) electrons. The number of nitrogens with two attached hydrogens (primary N) is 1. The number of hydrogen-bond donors (Lipinski definition) is 2. The normalized spacial score (nSPS) is 13.5. The first kappa shape index (κ1) is 20.2. The number of amides is 1. The molecule has 142 valence electrons. The lowest BCUT2D eigenvalue weighted by molar-refractivity contribution is -0.143. The molecule has 2 aromatic rings. The minimum absolute atomic E-state index is 0.0408. The van der Waals surface area contributed by atoms with Crippen molar-refractivity contribution in [2.75, 3.05) is 5.32 Å². The van der Waals surface area contributed by atoms with Crippen molar-refractivity contribution in [3.05, 3.63) is 46.0 Å². The summed E-state index contributed by atoms with van der Waals surface area (Å²) < 4.78 is 77.0. The molecule has 0 aliphatic rings. The highest BCUT2D eigenvalue weighted by atomic mass is 32.1. The van der Waals surface area contributed by atoms with Gasteiger partial charge in [0.2, 0.25) is 0 Å². The molecule has 0 aliphatic carbocycles. The second kappa shape index (κ2) is 7.23. The van der Waals surface area contributed by atoms with Crippen LogP contribution in [0.1, 0.15) is 34.1 Å². The average Bonchev–Trinajstić information content (AvgIpc) is 2.91. The Balaban J connectivity index is 2.31. The molecule has 1 aromatic carbocycles. The molecule has 11 heteroatoms. The molecule has 0 spiro atoms. The van der Waals surface area contributed by atoms with Gasteiger partial charge in [0.1, 0.15) is 0 Å². The SMILES string of the molecule is CC(N)Cc1csc(NC(=O)c2cc(C(F)(F)F)cc(C(F)(F)F)c2)n1. The number of thiazole rings is 1. The van der Waals surface area contributed by atoms with Crippen molar-refractivity contribution in [2.24, 2.45) is 5.73 Å². The fraction of sp³-hybridized carbons (Fsp3) is 0.333. The van der Waals surface area contributed by atoms with Crippen molar-refractivity contribution >= 4 is 22.4 Å². The van der Waals surface area contributed by atoms with Gasteiger partial charge >= 0.3 is 12.4 Å². The molecule has 0 saturated heterocycles. The van der Waals surface area contributed by atoms with Crippen LogP contribution >= 0.6 is 11.3 Å². The van der Waals surface area contributed by atoms with Gasteiger partial charge < -0.3 is 5.73 Å². The van der Waals surface area contributed by atoms with Gasteiger partial charge in [0.15, 0.2) is 5.13 Å². The third kappa shape index (κ3) is 5.18. The lowest BCUT2D eigenvalue weighted by Crippen LogP contribution is -2.18. The quantitative estimate of drug-likeness (QED) is 0.755. The first-order valence-corrected chi connectivity index (χ1v) is 8.05. The number of alkyl halides is 6. The summed E-state index contributed by atoms with van der Waals surface area (Å²) >= 11 is 0.991. The predicted molar refractivity (Wildman–Crippen MR) is 83.9 cm³/mol. The van der Waals surface area contributed by atoms with Crippen LogP contribution in [0.25, 0.3) is 0 Å². The van der Waals surface area contributed by atoms with E-state index >= 15 is 0 Å². The number of hydrogen-bond acceptors (Lipinski definition) is 4. The Hall–Kier alpha value is -2.14. The van der Waals surface area contributed by atoms with Crippen LogP contribution in [0.3, 0.4) is 0 Å². The Labute approximate surface area is 148 Å². The molecule has 4 nitrogen and oxygen atoms in total. The Morgan fingerprint density at radius 1 is 1.15 bits per heavy atom. The van der Waals surface area contributed by atoms with Gasteiger partial charge in [0, 0.05) is 23.4 Å². The van der Waals surface area contributed by atoms with Gasteiger partial charge in [0.25, 0.3) is 5.91 Å². The van der Waals surface area contributed by atoms with Gasteiger partial charge in [-0.2, -0.15) is 26.3 Å². The molecule has 1 amide bonds. The summed E-state index contributed by atoms with van der Waals surface area (Å²) in [5.41, 5.74) is 2.27. The van der Waals surface area contributed by atoms with E-state index in [-0.39, 0.29) is 17.2 Å². The second-order valence-corrected chi connectivity index (χ2v) is 6.43. The molecule has 0 fully saturated rings. The number of anilines is 1. The van der Waals surface area contributed by atoms with Crippen molar-refractivity contribution < 1.29 is 31.1 Å². The molecule has 0 saturated carbocycles. The summed E-state index contributed by atoms with van der Waals surface area (Å²) in [5.74, 6) is -1.12. The summed E-state index contributed by atoms with van der Waals surface area (Å²) in [7, 11) is 0. The van der Waals surface area contributed by atoms with E-state index in [0.717, 1.165) is 11.3 Å². The minimum Gasteiger partial charge on any atom is -0.328 e. The number of rotatable bonds is 4. The highest BCUT2D eigenvalue weighted by Gasteiger charge is 2.37. The predicted octanol–water partition coefficient (Wildman–Crippen LogP) is 4.32. The fourth-order valence-corrected chi connectivity index (χ4v) is 2.76. The second-order valence-electron chi connectivity index (χ2n) is 5.57. The number of benzene rings is 1. The number of carbonyl (C=O) groups is 1. The maximum atomic E-state index is 12.8. The van der Waals surface area contributed by atoms with Crippen LogP contribution in [0, 0.1) is 0 Å². The largest absolute Gasteiger partial charge is 0.416 e. The monoisotopic (exact) mass is 397 g/mol. The first-order valence-electron chi connectivity index (χ1n) is 7.17. The Morgan fingerprint density at radius 2 is 1.69 bits per heavy atom. The zero-order valence-electron chi connectivity index (χ0n) is 13.2. The van der Waals surface area contributed by atoms with E-state index in [2.05, 4.69) is 10.3 Å². The molecule has 1 atom stereocenters. The van der Waals surface area contributed by atoms with Crippen molar-refractivity contribution in [1.82, 2.24) is 4.98 Å². The molecule has 26 heavy (non-hydrogen) atoms. The number of aromatic nitrogens is 1. The molecule has 0 bridgehead atoms. The molecule has 3 N–H and O–H groups in total. The van der Waals surface area contributed by atoms with E-state index in [1.54, 1.807) is 12.3 Å². The van der Waals surface area contributed by atoms with Gasteiger partial charge in [-0.15, -0.1) is 11.3 Å². The summed E-state index contributed by atoms with van der Waals surface area (Å²) in [4.78, 5) is 16.1. The number of nitrogens with one attached hydrogen (secondary N) is 1. The van der Waals surface area contributed by atoms with Crippen molar-refractivity contribution in [1.29, 1.82) is 0 Å². The van der Waals surface area contributed by atoms with Crippen LogP contribution in [-0.2, 0) is 18.8 Å². The van der Waals surface area contributed by atoms with E-state index in [1.165, 1.54) is 0 Å². The number of carbonyl (C=O) groups excluding carboxylic acids is 1. The third-order valence-corrected chi connectivity index (χ3v) is 3.96. The van der Waals surface area contributed by atoms with Crippen molar-refractivity contribution in [3.8, 4) is 0 Å². The number of nitrogens with zero attached hydrogens (tertiary/aromatic N) is 1. The maximum Gasteiger partial charge on any atom is 0.416 e. The van der Waals surface area contributed by atoms with Crippen LogP contribution in [0.15, 0.2) is 23.6 Å². The first-order chi connectivity index (χ1) is 11.9. The molecule has 1 unspecified atom stereocenters.